The molecule has 0 spiro atoms. The number of carbonyl (C=O) groups excluding carboxylic acids is 1. The van der Waals surface area contributed by atoms with Crippen molar-refractivity contribution in [2.24, 2.45) is 0 Å². The van der Waals surface area contributed by atoms with Crippen molar-refractivity contribution in [2.75, 3.05) is 5.32 Å². The molecule has 0 aliphatic rings. The van der Waals surface area contributed by atoms with Crippen LogP contribution in [0.2, 0.25) is 0 Å². The summed E-state index contributed by atoms with van der Waals surface area (Å²) in [7, 11) is 0. The lowest BCUT2D eigenvalue weighted by Gasteiger charge is -2.05. The zero-order valence-electron chi connectivity index (χ0n) is 15.5. The topological polar surface area (TPSA) is 68.0 Å². The molecule has 0 atom stereocenters. The van der Waals surface area contributed by atoms with E-state index in [1.54, 1.807) is 11.3 Å². The summed E-state index contributed by atoms with van der Waals surface area (Å²) in [5.74, 6) is -0.122. The van der Waals surface area contributed by atoms with Gasteiger partial charge in [-0.05, 0) is 42.0 Å². The molecule has 0 radical (unpaired) electrons. The fourth-order valence-electron chi connectivity index (χ4n) is 3.30. The Balaban J connectivity index is 1.24. The highest BCUT2D eigenvalue weighted by Gasteiger charge is 2.12. The second-order valence-electron chi connectivity index (χ2n) is 6.80. The Morgan fingerprint density at radius 2 is 1.76 bits per heavy atom. The molecule has 5 aromatic rings. The van der Waals surface area contributed by atoms with Gasteiger partial charge < -0.3 is 9.84 Å². The van der Waals surface area contributed by atoms with E-state index in [1.807, 2.05) is 66.7 Å². The van der Waals surface area contributed by atoms with Crippen LogP contribution in [0.25, 0.3) is 21.2 Å². The van der Waals surface area contributed by atoms with E-state index in [9.17, 15) is 4.79 Å². The number of benzene rings is 3. The molecule has 29 heavy (non-hydrogen) atoms. The lowest BCUT2D eigenvalue weighted by Crippen LogP contribution is -2.14. The number of amides is 1. The van der Waals surface area contributed by atoms with Gasteiger partial charge in [0.05, 0.1) is 21.6 Å². The predicted octanol–water partition coefficient (Wildman–Crippen LogP) is 5.21. The van der Waals surface area contributed by atoms with Gasteiger partial charge in [0.15, 0.2) is 5.58 Å². The van der Waals surface area contributed by atoms with Gasteiger partial charge >= 0.3 is 0 Å². The maximum absolute atomic E-state index is 12.4. The lowest BCUT2D eigenvalue weighted by molar-refractivity contribution is -0.115. The van der Waals surface area contributed by atoms with E-state index in [1.165, 1.54) is 4.70 Å². The fraction of sp³-hybridized carbons (Fsp3) is 0.0870. The number of hydrogen-bond acceptors (Lipinski definition) is 5. The van der Waals surface area contributed by atoms with Crippen LogP contribution in [-0.4, -0.2) is 16.0 Å². The number of thiazole rings is 1. The molecule has 5 nitrogen and oxygen atoms in total. The Bertz CT molecular complexity index is 1270. The molecule has 1 amide bonds. The molecule has 0 fully saturated rings. The molecule has 0 aliphatic carbocycles. The number of aromatic nitrogens is 2. The first-order valence-electron chi connectivity index (χ1n) is 9.31. The van der Waals surface area contributed by atoms with E-state index < -0.39 is 0 Å². The average molecular weight is 399 g/mol. The van der Waals surface area contributed by atoms with Gasteiger partial charge in [0.1, 0.15) is 5.69 Å². The molecule has 1 N–H and O–H groups in total. The van der Waals surface area contributed by atoms with Gasteiger partial charge in [0.25, 0.3) is 0 Å². The Morgan fingerprint density at radius 1 is 0.966 bits per heavy atom. The third-order valence-electron chi connectivity index (χ3n) is 4.71. The number of nitrogens with zero attached hydrogens (tertiary/aromatic N) is 2. The number of carbonyl (C=O) groups is 1. The minimum Gasteiger partial charge on any atom is -0.356 e. The molecule has 5 rings (SSSR count). The van der Waals surface area contributed by atoms with Crippen LogP contribution in [0, 0.1) is 0 Å². The van der Waals surface area contributed by atoms with Crippen molar-refractivity contribution >= 4 is 44.1 Å². The zero-order valence-corrected chi connectivity index (χ0v) is 16.3. The lowest BCUT2D eigenvalue weighted by atomic mass is 10.1. The van der Waals surface area contributed by atoms with Gasteiger partial charge in [-0.1, -0.05) is 41.6 Å². The smallest absolute Gasteiger partial charge is 0.230 e. The highest BCUT2D eigenvalue weighted by molar-refractivity contribution is 7.18. The molecule has 0 saturated carbocycles. The molecule has 0 unspecified atom stereocenters. The molecular formula is C23H17N3O2S. The van der Waals surface area contributed by atoms with E-state index in [2.05, 4.69) is 21.5 Å². The van der Waals surface area contributed by atoms with Gasteiger partial charge in [-0.25, -0.2) is 4.98 Å². The number of nitrogens with one attached hydrogen (secondary N) is 1. The summed E-state index contributed by atoms with van der Waals surface area (Å²) in [5.41, 5.74) is 4.29. The highest BCUT2D eigenvalue weighted by Crippen LogP contribution is 2.24. The van der Waals surface area contributed by atoms with Crippen molar-refractivity contribution in [1.29, 1.82) is 0 Å². The van der Waals surface area contributed by atoms with Crippen LogP contribution < -0.4 is 5.32 Å². The summed E-state index contributed by atoms with van der Waals surface area (Å²) in [4.78, 5) is 17.1. The molecule has 0 bridgehead atoms. The number of rotatable bonds is 5. The Hall–Kier alpha value is -3.51. The fourth-order valence-corrected chi connectivity index (χ4v) is 4.30. The van der Waals surface area contributed by atoms with E-state index in [0.717, 1.165) is 33.6 Å². The maximum Gasteiger partial charge on any atom is 0.230 e. The molecular weight excluding hydrogens is 382 g/mol. The summed E-state index contributed by atoms with van der Waals surface area (Å²) in [6, 6.07) is 23.6. The molecule has 0 aliphatic heterocycles. The first-order chi connectivity index (χ1) is 14.2. The zero-order chi connectivity index (χ0) is 19.6. The summed E-state index contributed by atoms with van der Waals surface area (Å²) in [5, 5.41) is 8.89. The van der Waals surface area contributed by atoms with E-state index in [0.29, 0.717) is 11.3 Å². The van der Waals surface area contributed by atoms with Crippen LogP contribution >= 0.6 is 11.3 Å². The van der Waals surface area contributed by atoms with Crippen molar-refractivity contribution in [1.82, 2.24) is 10.1 Å². The summed E-state index contributed by atoms with van der Waals surface area (Å²) in [6.07, 6.45) is 0.947. The van der Waals surface area contributed by atoms with Gasteiger partial charge in [-0.3, -0.25) is 4.79 Å². The molecule has 2 heterocycles. The third-order valence-corrected chi connectivity index (χ3v) is 5.75. The van der Waals surface area contributed by atoms with Crippen LogP contribution in [0.4, 0.5) is 5.69 Å². The summed E-state index contributed by atoms with van der Waals surface area (Å²) < 4.78 is 6.46. The number of hydrogen-bond donors (Lipinski definition) is 1. The van der Waals surface area contributed by atoms with Crippen LogP contribution in [-0.2, 0) is 17.6 Å². The van der Waals surface area contributed by atoms with Crippen LogP contribution in [0.5, 0.6) is 0 Å². The van der Waals surface area contributed by atoms with Crippen molar-refractivity contribution < 1.29 is 9.32 Å². The van der Waals surface area contributed by atoms with Crippen molar-refractivity contribution in [2.45, 2.75) is 12.8 Å². The van der Waals surface area contributed by atoms with Crippen LogP contribution in [0.15, 0.2) is 77.3 Å². The average Bonchev–Trinajstić information content (AvgIpc) is 3.33. The Kier molecular flexibility index (Phi) is 4.54. The minimum atomic E-state index is -0.122. The normalized spacial score (nSPS) is 11.2. The first-order valence-corrected chi connectivity index (χ1v) is 10.1. The molecule has 142 valence electrons. The SMILES string of the molecule is O=C(Cc1noc2ccccc12)Nc1ccc(Cc2nc3ccccc3s2)cc1. The standard InChI is InChI=1S/C23H17N3O2S/c27-22(14-19-17-5-1-3-7-20(17)28-26-19)24-16-11-9-15(10-12-16)13-23-25-18-6-2-4-8-21(18)29-23/h1-12H,13-14H2,(H,24,27). The van der Waals surface area contributed by atoms with Gasteiger partial charge in [-0.15, -0.1) is 11.3 Å². The number of para-hydroxylation sites is 2. The highest BCUT2D eigenvalue weighted by atomic mass is 32.1. The second kappa shape index (κ2) is 7.48. The Labute approximate surface area is 171 Å². The van der Waals surface area contributed by atoms with Gasteiger partial charge in [-0.2, -0.15) is 0 Å². The van der Waals surface area contributed by atoms with Gasteiger partial charge in [0.2, 0.25) is 5.91 Å². The second-order valence-corrected chi connectivity index (χ2v) is 7.91. The summed E-state index contributed by atoms with van der Waals surface area (Å²) >= 11 is 1.71. The number of fused-ring (bicyclic) bond motifs is 2. The van der Waals surface area contributed by atoms with E-state index in [-0.39, 0.29) is 12.3 Å². The van der Waals surface area contributed by atoms with Crippen LogP contribution in [0.1, 0.15) is 16.3 Å². The molecule has 0 saturated heterocycles. The molecule has 2 aromatic heterocycles. The summed E-state index contributed by atoms with van der Waals surface area (Å²) in [6.45, 7) is 0. The first kappa shape index (κ1) is 17.6. The van der Waals surface area contributed by atoms with Gasteiger partial charge in [0, 0.05) is 17.5 Å². The minimum absolute atomic E-state index is 0.122. The number of anilines is 1. The maximum atomic E-state index is 12.4. The quantitative estimate of drug-likeness (QED) is 0.440. The van der Waals surface area contributed by atoms with Crippen molar-refractivity contribution in [3.8, 4) is 0 Å². The predicted molar refractivity (Wildman–Crippen MR) is 115 cm³/mol. The largest absolute Gasteiger partial charge is 0.356 e. The van der Waals surface area contributed by atoms with Crippen molar-refractivity contribution in [3.63, 3.8) is 0 Å². The van der Waals surface area contributed by atoms with E-state index in [4.69, 9.17) is 4.52 Å². The Morgan fingerprint density at radius 3 is 2.62 bits per heavy atom. The monoisotopic (exact) mass is 399 g/mol. The van der Waals surface area contributed by atoms with Crippen LogP contribution in [0.3, 0.4) is 0 Å². The molecule has 3 aromatic carbocycles. The van der Waals surface area contributed by atoms with E-state index >= 15 is 0 Å². The third kappa shape index (κ3) is 3.75. The van der Waals surface area contributed by atoms with Crippen molar-refractivity contribution in [3.05, 3.63) is 89.1 Å². The molecule has 6 heteroatoms.